The van der Waals surface area contributed by atoms with E-state index in [4.69, 9.17) is 0 Å². The molecule has 0 radical (unpaired) electrons. The van der Waals surface area contributed by atoms with Gasteiger partial charge in [-0.3, -0.25) is 4.70 Å². The molecule has 0 N–H and O–H groups in total. The predicted molar refractivity (Wildman–Crippen MR) is 56.8 cm³/mol. The molecule has 0 aliphatic carbocycles. The lowest BCUT2D eigenvalue weighted by molar-refractivity contribution is -0.355. The molecule has 0 aromatic rings. The molecule has 0 spiro atoms. The van der Waals surface area contributed by atoms with Crippen molar-refractivity contribution in [1.29, 1.82) is 0 Å². The smallest absolute Gasteiger partial charge is 0.379 e. The van der Waals surface area contributed by atoms with Gasteiger partial charge < -0.3 is 4.74 Å². The fourth-order valence-corrected chi connectivity index (χ4v) is 1.31. The fraction of sp³-hybridized carbons (Fsp3) is 1.00. The highest BCUT2D eigenvalue weighted by atomic mass is 19.3. The van der Waals surface area contributed by atoms with Gasteiger partial charge in [-0.05, 0) is 0 Å². The van der Waals surface area contributed by atoms with Crippen LogP contribution in [0.25, 0.3) is 0 Å². The molecule has 9 heteroatoms. The quantitative estimate of drug-likeness (QED) is 0.585. The molecule has 0 saturated carbocycles. The van der Waals surface area contributed by atoms with Crippen molar-refractivity contribution in [2.24, 2.45) is 0 Å². The molecule has 1 rings (SSSR count). The largest absolute Gasteiger partial charge is 0.386 e. The summed E-state index contributed by atoms with van der Waals surface area (Å²) in [6.07, 6.45) is 0. The van der Waals surface area contributed by atoms with Crippen LogP contribution in [0.15, 0.2) is 0 Å². The number of hydrogen-bond donors (Lipinski definition) is 0. The third-order valence-electron chi connectivity index (χ3n) is 2.34. The van der Waals surface area contributed by atoms with Crippen molar-refractivity contribution in [3.05, 3.63) is 0 Å². The van der Waals surface area contributed by atoms with Gasteiger partial charge in [0.25, 0.3) is 0 Å². The third-order valence-corrected chi connectivity index (χ3v) is 2.34. The van der Waals surface area contributed by atoms with E-state index >= 15 is 0 Å². The molecule has 1 aliphatic heterocycles. The Morgan fingerprint density at radius 1 is 0.895 bits per heavy atom. The Balaban J connectivity index is 0. The van der Waals surface area contributed by atoms with Gasteiger partial charge in [0.2, 0.25) is 0 Å². The Hall–Kier alpha value is -0.570. The zero-order valence-corrected chi connectivity index (χ0v) is 10.9. The van der Waals surface area contributed by atoms with E-state index < -0.39 is 31.0 Å². The average Bonchev–Trinajstić information content (AvgIpc) is 2.31. The number of rotatable bonds is 3. The lowest BCUT2D eigenvalue weighted by Crippen LogP contribution is -2.63. The molecule has 19 heavy (non-hydrogen) atoms. The Labute approximate surface area is 107 Å². The fourth-order valence-electron chi connectivity index (χ4n) is 1.31. The maximum atomic E-state index is 13.2. The molecule has 2 nitrogen and oxygen atoms in total. The summed E-state index contributed by atoms with van der Waals surface area (Å²) in [5.41, 5.74) is 0. The standard InChI is InChI=1S/C8H11F6NO.C2H6.FH/c1-6(9,10)7(11,12)8(13,14)15-2-4-16-5-3-15;1-2;/h2-5H2,1H3;1-2H3;1H. The molecule has 0 unspecified atom stereocenters. The van der Waals surface area contributed by atoms with Gasteiger partial charge in [-0.15, -0.1) is 0 Å². The SMILES string of the molecule is CC.CC(F)(F)C(F)(F)C(F)(F)N1CCOCC1.F. The summed E-state index contributed by atoms with van der Waals surface area (Å²) in [6, 6.07) is -4.88. The molecule has 1 saturated heterocycles. The van der Waals surface area contributed by atoms with Crippen LogP contribution in [0, 0.1) is 0 Å². The van der Waals surface area contributed by atoms with Crippen LogP contribution in [0.1, 0.15) is 20.8 Å². The number of hydrogen-bond acceptors (Lipinski definition) is 2. The van der Waals surface area contributed by atoms with Gasteiger partial charge in [0.1, 0.15) is 0 Å². The summed E-state index contributed by atoms with van der Waals surface area (Å²) in [6.45, 7) is 2.42. The Morgan fingerprint density at radius 3 is 1.58 bits per heavy atom. The maximum Gasteiger partial charge on any atom is 0.386 e. The van der Waals surface area contributed by atoms with Crippen LogP contribution < -0.4 is 0 Å². The number of nitrogens with zero attached hydrogens (tertiary/aromatic N) is 1. The highest BCUT2D eigenvalue weighted by molar-refractivity contribution is 4.94. The van der Waals surface area contributed by atoms with Crippen LogP contribution in [0.4, 0.5) is 31.0 Å². The predicted octanol–water partition coefficient (Wildman–Crippen LogP) is 3.38. The van der Waals surface area contributed by atoms with E-state index in [0.29, 0.717) is 0 Å². The van der Waals surface area contributed by atoms with Crippen LogP contribution in [0.3, 0.4) is 0 Å². The van der Waals surface area contributed by atoms with E-state index in [2.05, 4.69) is 4.74 Å². The lowest BCUT2D eigenvalue weighted by Gasteiger charge is -2.39. The lowest BCUT2D eigenvalue weighted by atomic mass is 10.1. The second-order valence-corrected chi connectivity index (χ2v) is 3.60. The molecule has 1 heterocycles. The Morgan fingerprint density at radius 2 is 1.26 bits per heavy atom. The zero-order valence-electron chi connectivity index (χ0n) is 10.9. The first kappa shape index (κ1) is 20.7. The highest BCUT2D eigenvalue weighted by Gasteiger charge is 2.71. The number of ether oxygens (including phenoxy) is 1. The molecule has 0 aromatic carbocycles. The van der Waals surface area contributed by atoms with Gasteiger partial charge >= 0.3 is 17.9 Å². The molecule has 1 fully saturated rings. The number of morpholine rings is 1. The van der Waals surface area contributed by atoms with Crippen molar-refractivity contribution >= 4 is 0 Å². The average molecular weight is 301 g/mol. The zero-order chi connectivity index (χ0) is 14.6. The highest BCUT2D eigenvalue weighted by Crippen LogP contribution is 2.47. The minimum Gasteiger partial charge on any atom is -0.379 e. The van der Waals surface area contributed by atoms with Gasteiger partial charge in [-0.2, -0.15) is 26.3 Å². The Bertz CT molecular complexity index is 249. The summed E-state index contributed by atoms with van der Waals surface area (Å²) in [7, 11) is 0. The second-order valence-electron chi connectivity index (χ2n) is 3.60. The first-order valence-electron chi connectivity index (χ1n) is 5.57. The summed E-state index contributed by atoms with van der Waals surface area (Å²) in [5.74, 6) is -10.2. The topological polar surface area (TPSA) is 12.5 Å². The van der Waals surface area contributed by atoms with Crippen LogP contribution in [-0.4, -0.2) is 49.1 Å². The van der Waals surface area contributed by atoms with Gasteiger partial charge in [0.05, 0.1) is 13.2 Å². The van der Waals surface area contributed by atoms with E-state index in [1.807, 2.05) is 13.8 Å². The molecule has 0 atom stereocenters. The molecule has 1 aliphatic rings. The molecular formula is C10H18F7NO. The number of halogens is 7. The summed E-state index contributed by atoms with van der Waals surface area (Å²) in [4.78, 5) is 0.0217. The van der Waals surface area contributed by atoms with Crippen LogP contribution in [0.2, 0.25) is 0 Å². The van der Waals surface area contributed by atoms with Gasteiger partial charge in [-0.25, -0.2) is 4.90 Å². The minimum atomic E-state index is -5.41. The third kappa shape index (κ3) is 4.20. The molecular weight excluding hydrogens is 283 g/mol. The van der Waals surface area contributed by atoms with Crippen molar-refractivity contribution in [3.63, 3.8) is 0 Å². The molecule has 0 aromatic heterocycles. The van der Waals surface area contributed by atoms with Crippen molar-refractivity contribution in [2.45, 2.75) is 38.7 Å². The van der Waals surface area contributed by atoms with Gasteiger partial charge in [0, 0.05) is 20.0 Å². The van der Waals surface area contributed by atoms with E-state index in [1.165, 1.54) is 0 Å². The van der Waals surface area contributed by atoms with E-state index in [1.54, 1.807) is 0 Å². The Kier molecular flexibility index (Phi) is 7.94. The van der Waals surface area contributed by atoms with Crippen molar-refractivity contribution in [3.8, 4) is 0 Å². The van der Waals surface area contributed by atoms with Crippen LogP contribution >= 0.6 is 0 Å². The van der Waals surface area contributed by atoms with Crippen molar-refractivity contribution in [1.82, 2.24) is 4.90 Å². The number of alkyl halides is 6. The van der Waals surface area contributed by atoms with Gasteiger partial charge in [-0.1, -0.05) is 13.8 Å². The second kappa shape index (κ2) is 7.28. The van der Waals surface area contributed by atoms with Crippen LogP contribution in [-0.2, 0) is 4.74 Å². The summed E-state index contributed by atoms with van der Waals surface area (Å²) < 4.78 is 81.9. The molecule has 118 valence electrons. The molecule has 0 amide bonds. The monoisotopic (exact) mass is 301 g/mol. The maximum absolute atomic E-state index is 13.2. The van der Waals surface area contributed by atoms with Crippen molar-refractivity contribution < 1.29 is 35.8 Å². The normalized spacial score (nSPS) is 18.2. The van der Waals surface area contributed by atoms with E-state index in [9.17, 15) is 26.3 Å². The van der Waals surface area contributed by atoms with Crippen molar-refractivity contribution in [2.75, 3.05) is 26.3 Å². The van der Waals surface area contributed by atoms with E-state index in [0.717, 1.165) is 0 Å². The first-order chi connectivity index (χ1) is 8.11. The van der Waals surface area contributed by atoms with E-state index in [-0.39, 0.29) is 29.7 Å². The van der Waals surface area contributed by atoms with Crippen LogP contribution in [0.5, 0.6) is 0 Å². The first-order valence-corrected chi connectivity index (χ1v) is 5.57. The summed E-state index contributed by atoms with van der Waals surface area (Å²) >= 11 is 0. The van der Waals surface area contributed by atoms with Gasteiger partial charge in [0.15, 0.2) is 0 Å². The summed E-state index contributed by atoms with van der Waals surface area (Å²) in [5, 5.41) is 0. The minimum absolute atomic E-state index is 0. The molecule has 0 bridgehead atoms.